The number of carbonyl (C=O) groups is 1. The number of benzene rings is 1. The maximum Gasteiger partial charge on any atom is 0.323 e. The van der Waals surface area contributed by atoms with Crippen molar-refractivity contribution in [2.24, 2.45) is 5.73 Å². The van der Waals surface area contributed by atoms with E-state index < -0.39 is 12.0 Å². The van der Waals surface area contributed by atoms with Gasteiger partial charge in [0.25, 0.3) is 0 Å². The van der Waals surface area contributed by atoms with E-state index in [1.54, 1.807) is 6.20 Å². The topological polar surface area (TPSA) is 78.1 Å². The minimum atomic E-state index is -0.699. The molecule has 0 saturated heterocycles. The van der Waals surface area contributed by atoms with Gasteiger partial charge in [-0.1, -0.05) is 12.1 Å². The summed E-state index contributed by atoms with van der Waals surface area (Å²) in [6.07, 6.45) is 1.95. The molecular weight excluding hydrogens is 218 g/mol. The van der Waals surface area contributed by atoms with E-state index in [0.29, 0.717) is 12.1 Å². The monoisotopic (exact) mass is 231 g/mol. The summed E-state index contributed by atoms with van der Waals surface area (Å²) in [5.41, 5.74) is 7.96. The molecule has 0 saturated carbocycles. The highest BCUT2D eigenvalue weighted by molar-refractivity contribution is 5.76. The number of fused-ring (bicyclic) bond motifs is 1. The number of nitrogens with zero attached hydrogens (tertiary/aromatic N) is 2. The lowest BCUT2D eigenvalue weighted by molar-refractivity contribution is -0.142. The molecule has 2 aromatic rings. The molecule has 2 N–H and O–H groups in total. The number of nitrogens with two attached hydrogens (primary N) is 1. The number of aromatic nitrogens is 2. The molecule has 1 heterocycles. The quantitative estimate of drug-likeness (QED) is 0.785. The van der Waals surface area contributed by atoms with E-state index in [-0.39, 0.29) is 0 Å². The van der Waals surface area contributed by atoms with Crippen LogP contribution < -0.4 is 5.73 Å². The molecular formula is C12H13N3O2. The van der Waals surface area contributed by atoms with Gasteiger partial charge in [-0.25, -0.2) is 4.98 Å². The Morgan fingerprint density at radius 3 is 2.82 bits per heavy atom. The van der Waals surface area contributed by atoms with Gasteiger partial charge in [-0.05, 0) is 12.1 Å². The van der Waals surface area contributed by atoms with Crippen molar-refractivity contribution in [3.05, 3.63) is 36.2 Å². The van der Waals surface area contributed by atoms with Gasteiger partial charge >= 0.3 is 5.97 Å². The highest BCUT2D eigenvalue weighted by atomic mass is 16.5. The van der Waals surface area contributed by atoms with Crippen LogP contribution in [0.15, 0.2) is 30.5 Å². The summed E-state index contributed by atoms with van der Waals surface area (Å²) < 4.78 is 4.56. The Morgan fingerprint density at radius 2 is 2.12 bits per heavy atom. The zero-order valence-electron chi connectivity index (χ0n) is 9.46. The van der Waals surface area contributed by atoms with Crippen molar-refractivity contribution in [1.29, 1.82) is 0 Å². The van der Waals surface area contributed by atoms with Gasteiger partial charge in [0.2, 0.25) is 0 Å². The van der Waals surface area contributed by atoms with Gasteiger partial charge in [-0.15, -0.1) is 0 Å². The SMILES string of the molecule is COC(=O)C(N)Cc1cnc2ccccc2n1. The van der Waals surface area contributed by atoms with Crippen molar-refractivity contribution in [2.45, 2.75) is 12.5 Å². The first-order valence-electron chi connectivity index (χ1n) is 5.25. The first-order valence-corrected chi connectivity index (χ1v) is 5.25. The number of hydrogen-bond donors (Lipinski definition) is 1. The Hall–Kier alpha value is -2.01. The van der Waals surface area contributed by atoms with E-state index in [1.165, 1.54) is 7.11 Å². The van der Waals surface area contributed by atoms with Gasteiger partial charge in [0.05, 0.1) is 23.8 Å². The number of hydrogen-bond acceptors (Lipinski definition) is 5. The number of rotatable bonds is 3. The molecule has 0 aliphatic heterocycles. The maximum absolute atomic E-state index is 11.2. The van der Waals surface area contributed by atoms with Gasteiger partial charge in [-0.3, -0.25) is 9.78 Å². The Bertz CT molecular complexity index is 542. The molecule has 0 aliphatic carbocycles. The number of ether oxygens (including phenoxy) is 1. The summed E-state index contributed by atoms with van der Waals surface area (Å²) in [5, 5.41) is 0. The highest BCUT2D eigenvalue weighted by Crippen LogP contribution is 2.09. The van der Waals surface area contributed by atoms with Crippen LogP contribution >= 0.6 is 0 Å². The number of esters is 1. The molecule has 0 radical (unpaired) electrons. The normalized spacial score (nSPS) is 12.4. The molecule has 0 aliphatic rings. The molecule has 1 atom stereocenters. The maximum atomic E-state index is 11.2. The van der Waals surface area contributed by atoms with Crippen LogP contribution in [0.25, 0.3) is 11.0 Å². The van der Waals surface area contributed by atoms with Crippen LogP contribution in [0, 0.1) is 0 Å². The molecule has 1 aromatic carbocycles. The second-order valence-corrected chi connectivity index (χ2v) is 3.68. The second kappa shape index (κ2) is 4.88. The van der Waals surface area contributed by atoms with Crippen molar-refractivity contribution < 1.29 is 9.53 Å². The minimum Gasteiger partial charge on any atom is -0.468 e. The van der Waals surface area contributed by atoms with Crippen molar-refractivity contribution in [3.8, 4) is 0 Å². The zero-order chi connectivity index (χ0) is 12.3. The molecule has 5 heteroatoms. The first kappa shape index (κ1) is 11.5. The summed E-state index contributed by atoms with van der Waals surface area (Å²) in [7, 11) is 1.31. The molecule has 0 fully saturated rings. The standard InChI is InChI=1S/C12H13N3O2/c1-17-12(16)9(13)6-8-7-14-10-4-2-3-5-11(10)15-8/h2-5,7,9H,6,13H2,1H3. The molecule has 0 amide bonds. The molecule has 5 nitrogen and oxygen atoms in total. The number of carbonyl (C=O) groups excluding carboxylic acids is 1. The van der Waals surface area contributed by atoms with Crippen molar-refractivity contribution in [3.63, 3.8) is 0 Å². The lowest BCUT2D eigenvalue weighted by atomic mass is 10.1. The molecule has 1 unspecified atom stereocenters. The fourth-order valence-electron chi connectivity index (χ4n) is 1.55. The predicted molar refractivity (Wildman–Crippen MR) is 63.2 cm³/mol. The van der Waals surface area contributed by atoms with Crippen molar-refractivity contribution in [1.82, 2.24) is 9.97 Å². The molecule has 2 rings (SSSR count). The fraction of sp³-hybridized carbons (Fsp3) is 0.250. The molecule has 88 valence electrons. The molecule has 1 aromatic heterocycles. The fourth-order valence-corrected chi connectivity index (χ4v) is 1.55. The largest absolute Gasteiger partial charge is 0.468 e. The average molecular weight is 231 g/mol. The van der Waals surface area contributed by atoms with Crippen LogP contribution in [0.1, 0.15) is 5.69 Å². The van der Waals surface area contributed by atoms with Crippen LogP contribution in [0.3, 0.4) is 0 Å². The van der Waals surface area contributed by atoms with Gasteiger partial charge < -0.3 is 10.5 Å². The lowest BCUT2D eigenvalue weighted by Gasteiger charge is -2.08. The lowest BCUT2D eigenvalue weighted by Crippen LogP contribution is -2.33. The third-order valence-electron chi connectivity index (χ3n) is 2.43. The summed E-state index contributed by atoms with van der Waals surface area (Å²) in [4.78, 5) is 19.8. The van der Waals surface area contributed by atoms with E-state index in [2.05, 4.69) is 14.7 Å². The Labute approximate surface area is 98.6 Å². The minimum absolute atomic E-state index is 0.324. The molecule has 0 spiro atoms. The molecule has 0 bridgehead atoms. The van der Waals surface area contributed by atoms with Gasteiger partial charge in [-0.2, -0.15) is 0 Å². The van der Waals surface area contributed by atoms with Crippen LogP contribution in [-0.4, -0.2) is 29.1 Å². The van der Waals surface area contributed by atoms with Gasteiger partial charge in [0.1, 0.15) is 6.04 Å². The number of methoxy groups -OCH3 is 1. The van der Waals surface area contributed by atoms with Crippen LogP contribution in [-0.2, 0) is 16.0 Å². The van der Waals surface area contributed by atoms with E-state index in [9.17, 15) is 4.79 Å². The van der Waals surface area contributed by atoms with E-state index in [4.69, 9.17) is 5.73 Å². The van der Waals surface area contributed by atoms with Gasteiger partial charge in [0, 0.05) is 12.6 Å². The Morgan fingerprint density at radius 1 is 1.41 bits per heavy atom. The third-order valence-corrected chi connectivity index (χ3v) is 2.43. The Balaban J connectivity index is 2.22. The smallest absolute Gasteiger partial charge is 0.323 e. The Kier molecular flexibility index (Phi) is 3.30. The van der Waals surface area contributed by atoms with Gasteiger partial charge in [0.15, 0.2) is 0 Å². The van der Waals surface area contributed by atoms with Crippen molar-refractivity contribution in [2.75, 3.05) is 7.11 Å². The average Bonchev–Trinajstić information content (AvgIpc) is 2.37. The third kappa shape index (κ3) is 2.57. The summed E-state index contributed by atoms with van der Waals surface area (Å²) in [6.45, 7) is 0. The zero-order valence-corrected chi connectivity index (χ0v) is 9.46. The summed E-state index contributed by atoms with van der Waals surface area (Å²) in [6, 6.07) is 6.84. The van der Waals surface area contributed by atoms with E-state index in [1.807, 2.05) is 24.3 Å². The van der Waals surface area contributed by atoms with Crippen LogP contribution in [0.5, 0.6) is 0 Å². The number of para-hydroxylation sites is 2. The molecule has 17 heavy (non-hydrogen) atoms. The summed E-state index contributed by atoms with van der Waals surface area (Å²) in [5.74, 6) is -0.444. The van der Waals surface area contributed by atoms with E-state index >= 15 is 0 Å². The van der Waals surface area contributed by atoms with Crippen LogP contribution in [0.2, 0.25) is 0 Å². The summed E-state index contributed by atoms with van der Waals surface area (Å²) >= 11 is 0. The van der Waals surface area contributed by atoms with Crippen LogP contribution in [0.4, 0.5) is 0 Å². The second-order valence-electron chi connectivity index (χ2n) is 3.68. The highest BCUT2D eigenvalue weighted by Gasteiger charge is 2.15. The van der Waals surface area contributed by atoms with Crippen molar-refractivity contribution >= 4 is 17.0 Å². The first-order chi connectivity index (χ1) is 8.20. The van der Waals surface area contributed by atoms with E-state index in [0.717, 1.165) is 11.0 Å². The predicted octanol–water partition coefficient (Wildman–Crippen LogP) is 0.673.